The van der Waals surface area contributed by atoms with Gasteiger partial charge in [0.1, 0.15) is 7.38 Å². The molecule has 0 amide bonds. The van der Waals surface area contributed by atoms with Gasteiger partial charge in [0.25, 0.3) is 0 Å². The molecule has 0 aromatic rings. The lowest BCUT2D eigenvalue weighted by Crippen LogP contribution is -2.06. The van der Waals surface area contributed by atoms with E-state index in [4.69, 9.17) is 28.6 Å². The van der Waals surface area contributed by atoms with Crippen LogP contribution in [0.5, 0.6) is 0 Å². The fourth-order valence-corrected chi connectivity index (χ4v) is 0. The molecule has 0 aromatic carbocycles. The third-order valence-corrected chi connectivity index (χ3v) is 0. The Morgan fingerprint density at radius 3 is 1.20 bits per heavy atom. The normalized spacial score (nSPS) is 11.8. The Bertz CT molecular complexity index is 155. The lowest BCUT2D eigenvalue weighted by Gasteiger charge is -1.97. The summed E-state index contributed by atoms with van der Waals surface area (Å²) in [6, 6.07) is 0. The molecule has 0 fully saturated rings. The minimum atomic E-state index is -4.67. The van der Waals surface area contributed by atoms with Gasteiger partial charge in [-0.1, -0.05) is 19.6 Å². The van der Waals surface area contributed by atoms with Crippen molar-refractivity contribution in [2.24, 2.45) is 0 Å². The Hall–Kier alpha value is 0.377. The van der Waals surface area contributed by atoms with Gasteiger partial charge in [-0.2, -0.15) is 19.5 Å². The minimum absolute atomic E-state index is 1.14. The third-order valence-electron chi connectivity index (χ3n) is 0. The molecule has 0 aliphatic rings. The van der Waals surface area contributed by atoms with Gasteiger partial charge in [0.2, 0.25) is 0 Å². The maximum Gasteiger partial charge on any atom is 0.394 e. The van der Waals surface area contributed by atoms with Crippen LogP contribution in [0.25, 0.3) is 0 Å². The zero-order valence-corrected chi connectivity index (χ0v) is 8.57. The van der Waals surface area contributed by atoms with Crippen LogP contribution in [0.3, 0.4) is 0 Å². The standard InChI is InChI=1S/C3H9ClSi.H2O4S/c2*1-5(2,3)4/h1-3H3;(H2,1,2,3,4). The Balaban J connectivity index is 0. The van der Waals surface area contributed by atoms with Crippen LogP contribution in [-0.2, 0) is 10.4 Å². The highest BCUT2D eigenvalue weighted by Gasteiger charge is 2.04. The molecule has 10 heavy (non-hydrogen) atoms. The van der Waals surface area contributed by atoms with E-state index in [1.54, 1.807) is 0 Å². The van der Waals surface area contributed by atoms with Crippen LogP contribution in [0.4, 0.5) is 0 Å². The summed E-state index contributed by atoms with van der Waals surface area (Å²) in [5.41, 5.74) is 0. The smallest absolute Gasteiger partial charge is 0.264 e. The predicted octanol–water partition coefficient (Wildman–Crippen LogP) is 1.41. The fraction of sp³-hybridized carbons (Fsp3) is 1.00. The number of halogens is 1. The van der Waals surface area contributed by atoms with Crippen LogP contribution >= 0.6 is 11.1 Å². The minimum Gasteiger partial charge on any atom is -0.264 e. The van der Waals surface area contributed by atoms with Crippen molar-refractivity contribution in [1.82, 2.24) is 0 Å². The molecule has 0 aliphatic carbocycles. The van der Waals surface area contributed by atoms with E-state index >= 15 is 0 Å². The van der Waals surface area contributed by atoms with Crippen molar-refractivity contribution in [3.8, 4) is 0 Å². The summed E-state index contributed by atoms with van der Waals surface area (Å²) in [5, 5.41) is 0. The fourth-order valence-electron chi connectivity index (χ4n) is 0. The quantitative estimate of drug-likeness (QED) is 0.357. The molecule has 0 saturated heterocycles. The predicted molar refractivity (Wildman–Crippen MR) is 43.4 cm³/mol. The second-order valence-corrected chi connectivity index (χ2v) is 10.9. The molecular weight excluding hydrogens is 196 g/mol. The van der Waals surface area contributed by atoms with Crippen LogP contribution < -0.4 is 0 Å². The molecule has 0 spiro atoms. The zero-order chi connectivity index (χ0) is 9.00. The summed E-state index contributed by atoms with van der Waals surface area (Å²) >= 11 is 5.67. The summed E-state index contributed by atoms with van der Waals surface area (Å²) in [6.07, 6.45) is 0. The van der Waals surface area contributed by atoms with E-state index in [0.717, 1.165) is 0 Å². The number of rotatable bonds is 0. The van der Waals surface area contributed by atoms with Crippen molar-refractivity contribution < 1.29 is 17.5 Å². The molecule has 0 unspecified atom stereocenters. The van der Waals surface area contributed by atoms with E-state index in [0.29, 0.717) is 0 Å². The van der Waals surface area contributed by atoms with Gasteiger partial charge in [-0.25, -0.2) is 0 Å². The lowest BCUT2D eigenvalue weighted by molar-refractivity contribution is 0.381. The lowest BCUT2D eigenvalue weighted by atomic mass is 11.8. The molecule has 0 rings (SSSR count). The van der Waals surface area contributed by atoms with Gasteiger partial charge in [-0.15, -0.1) is 0 Å². The van der Waals surface area contributed by atoms with Crippen molar-refractivity contribution in [1.29, 1.82) is 0 Å². The first-order valence-corrected chi connectivity index (χ1v) is 8.30. The molecular formula is C3H11ClO4SSi. The third kappa shape index (κ3) is 3210. The zero-order valence-electron chi connectivity index (χ0n) is 6.00. The summed E-state index contributed by atoms with van der Waals surface area (Å²) < 4.78 is 31.6. The molecule has 64 valence electrons. The topological polar surface area (TPSA) is 74.6 Å². The van der Waals surface area contributed by atoms with Crippen LogP contribution in [0.1, 0.15) is 0 Å². The van der Waals surface area contributed by atoms with Gasteiger partial charge in [0.05, 0.1) is 0 Å². The van der Waals surface area contributed by atoms with E-state index in [9.17, 15) is 0 Å². The molecule has 0 heterocycles. The Labute approximate surface area is 66.5 Å². The van der Waals surface area contributed by atoms with Crippen molar-refractivity contribution >= 4 is 28.9 Å². The summed E-state index contributed by atoms with van der Waals surface area (Å²) in [5.74, 6) is 0. The Kier molecular flexibility index (Phi) is 5.58. The monoisotopic (exact) mass is 206 g/mol. The average Bonchev–Trinajstić information content (AvgIpc) is 1.12. The summed E-state index contributed by atoms with van der Waals surface area (Å²) in [4.78, 5) is 0. The van der Waals surface area contributed by atoms with E-state index in [1.165, 1.54) is 0 Å². The van der Waals surface area contributed by atoms with Gasteiger partial charge in [-0.3, -0.25) is 9.11 Å². The summed E-state index contributed by atoms with van der Waals surface area (Å²) in [7, 11) is -5.81. The molecule has 7 heteroatoms. The van der Waals surface area contributed by atoms with Gasteiger partial charge in [0.15, 0.2) is 0 Å². The van der Waals surface area contributed by atoms with Gasteiger partial charge in [-0.05, 0) is 0 Å². The van der Waals surface area contributed by atoms with E-state index < -0.39 is 17.8 Å². The highest BCUT2D eigenvalue weighted by Crippen LogP contribution is 2.03. The molecule has 0 aromatic heterocycles. The van der Waals surface area contributed by atoms with E-state index in [2.05, 4.69) is 19.6 Å². The van der Waals surface area contributed by atoms with Crippen molar-refractivity contribution in [2.45, 2.75) is 19.6 Å². The number of hydrogen-bond donors (Lipinski definition) is 2. The summed E-state index contributed by atoms with van der Waals surface area (Å²) in [6.45, 7) is 6.28. The first-order chi connectivity index (χ1) is 4.00. The van der Waals surface area contributed by atoms with Gasteiger partial charge >= 0.3 is 10.4 Å². The van der Waals surface area contributed by atoms with Crippen LogP contribution in [0.2, 0.25) is 19.6 Å². The maximum atomic E-state index is 8.74. The molecule has 2 N–H and O–H groups in total. The highest BCUT2D eigenvalue weighted by atomic mass is 35.6. The molecule has 4 nitrogen and oxygen atoms in total. The van der Waals surface area contributed by atoms with Crippen molar-refractivity contribution in [3.63, 3.8) is 0 Å². The SMILES string of the molecule is C[Si](C)(C)Cl.O=S(=O)(O)O. The maximum absolute atomic E-state index is 8.74. The van der Waals surface area contributed by atoms with Crippen molar-refractivity contribution in [3.05, 3.63) is 0 Å². The Morgan fingerprint density at radius 1 is 1.20 bits per heavy atom. The van der Waals surface area contributed by atoms with E-state index in [-0.39, 0.29) is 0 Å². The Morgan fingerprint density at radius 2 is 1.20 bits per heavy atom. The average molecular weight is 207 g/mol. The molecule has 0 radical (unpaired) electrons. The number of hydrogen-bond acceptors (Lipinski definition) is 2. The molecule has 0 atom stereocenters. The van der Waals surface area contributed by atoms with E-state index in [1.807, 2.05) is 0 Å². The second kappa shape index (κ2) is 4.30. The van der Waals surface area contributed by atoms with Crippen LogP contribution in [-0.4, -0.2) is 24.9 Å². The van der Waals surface area contributed by atoms with Crippen LogP contribution in [0, 0.1) is 0 Å². The highest BCUT2D eigenvalue weighted by molar-refractivity contribution is 7.79. The molecule has 0 bridgehead atoms. The van der Waals surface area contributed by atoms with Gasteiger partial charge < -0.3 is 0 Å². The van der Waals surface area contributed by atoms with Crippen LogP contribution in [0.15, 0.2) is 0 Å². The van der Waals surface area contributed by atoms with Crippen molar-refractivity contribution in [2.75, 3.05) is 0 Å². The second-order valence-electron chi connectivity index (χ2n) is 2.51. The molecule has 0 saturated carbocycles. The first-order valence-electron chi connectivity index (χ1n) is 2.39. The largest absolute Gasteiger partial charge is 0.394 e. The molecule has 0 aliphatic heterocycles. The van der Waals surface area contributed by atoms with Gasteiger partial charge in [0, 0.05) is 0 Å². The first kappa shape index (κ1) is 13.0.